The maximum absolute atomic E-state index is 13.3. The normalized spacial score (nSPS) is 12.0. The van der Waals surface area contributed by atoms with Crippen LogP contribution in [0.3, 0.4) is 0 Å². The lowest BCUT2D eigenvalue weighted by Gasteiger charge is -2.32. The highest BCUT2D eigenvalue weighted by atomic mass is 32.2. The van der Waals surface area contributed by atoms with E-state index >= 15 is 0 Å². The molecule has 0 aliphatic rings. The highest BCUT2D eigenvalue weighted by molar-refractivity contribution is 7.92. The lowest BCUT2D eigenvalue weighted by atomic mass is 10.1. The van der Waals surface area contributed by atoms with Crippen molar-refractivity contribution < 1.29 is 27.1 Å². The molecule has 0 saturated carbocycles. The Balaban J connectivity index is 2.39. The number of nitrogens with zero attached hydrogens (tertiary/aromatic N) is 2. The molecule has 2 amide bonds. The summed E-state index contributed by atoms with van der Waals surface area (Å²) in [5, 5.41) is 2.54. The van der Waals surface area contributed by atoms with E-state index in [9.17, 15) is 22.4 Å². The van der Waals surface area contributed by atoms with Crippen molar-refractivity contribution in [2.45, 2.75) is 25.9 Å². The fourth-order valence-corrected chi connectivity index (χ4v) is 4.08. The summed E-state index contributed by atoms with van der Waals surface area (Å²) in [4.78, 5) is 27.1. The maximum atomic E-state index is 13.3. The van der Waals surface area contributed by atoms with Crippen molar-refractivity contribution in [3.63, 3.8) is 0 Å². The molecular weight excluding hydrogens is 437 g/mol. The second-order valence-corrected chi connectivity index (χ2v) is 9.06. The lowest BCUT2D eigenvalue weighted by Crippen LogP contribution is -2.51. The number of ether oxygens (including phenoxy) is 1. The van der Waals surface area contributed by atoms with Gasteiger partial charge in [0.15, 0.2) is 0 Å². The predicted octanol–water partition coefficient (Wildman–Crippen LogP) is 2.15. The van der Waals surface area contributed by atoms with Crippen LogP contribution >= 0.6 is 0 Å². The van der Waals surface area contributed by atoms with Gasteiger partial charge in [-0.25, -0.2) is 12.8 Å². The Morgan fingerprint density at radius 1 is 1.09 bits per heavy atom. The summed E-state index contributed by atoms with van der Waals surface area (Å²) in [6.07, 6.45) is 1.32. The van der Waals surface area contributed by atoms with Gasteiger partial charge in [0.05, 0.1) is 19.1 Å². The van der Waals surface area contributed by atoms with Crippen LogP contribution in [0.25, 0.3) is 0 Å². The third-order valence-corrected chi connectivity index (χ3v) is 6.08. The van der Waals surface area contributed by atoms with E-state index in [2.05, 4.69) is 5.32 Å². The number of sulfonamides is 1. The number of carbonyl (C=O) groups is 2. The SMILES string of the molecule is CC[C@H](C(=O)NC)N(Cc1ccc(F)cc1)C(=O)CN(c1ccc(OC)cc1)S(C)(=O)=O. The Kier molecular flexibility index (Phi) is 8.59. The molecule has 0 bridgehead atoms. The van der Waals surface area contributed by atoms with Crippen LogP contribution in [0.5, 0.6) is 5.75 Å². The zero-order valence-electron chi connectivity index (χ0n) is 18.5. The van der Waals surface area contributed by atoms with Crippen LogP contribution in [-0.4, -0.2) is 58.1 Å². The predicted molar refractivity (Wildman–Crippen MR) is 120 cm³/mol. The van der Waals surface area contributed by atoms with Crippen LogP contribution in [0.2, 0.25) is 0 Å². The van der Waals surface area contributed by atoms with Crippen LogP contribution in [-0.2, 0) is 26.2 Å². The van der Waals surface area contributed by atoms with Gasteiger partial charge in [0.1, 0.15) is 24.2 Å². The molecular formula is C22H28FN3O5S. The van der Waals surface area contributed by atoms with Crippen molar-refractivity contribution in [2.24, 2.45) is 0 Å². The first-order valence-electron chi connectivity index (χ1n) is 9.98. The molecule has 1 N–H and O–H groups in total. The number of benzene rings is 2. The number of hydrogen-bond acceptors (Lipinski definition) is 5. The number of nitrogens with one attached hydrogen (secondary N) is 1. The van der Waals surface area contributed by atoms with Crippen molar-refractivity contribution in [3.8, 4) is 5.75 Å². The zero-order valence-corrected chi connectivity index (χ0v) is 19.4. The van der Waals surface area contributed by atoms with Crippen LogP contribution in [0.1, 0.15) is 18.9 Å². The second-order valence-electron chi connectivity index (χ2n) is 7.15. The number of halogens is 1. The summed E-state index contributed by atoms with van der Waals surface area (Å²) in [5.41, 5.74) is 0.897. The molecule has 0 aromatic heterocycles. The molecule has 2 rings (SSSR count). The number of amides is 2. The third kappa shape index (κ3) is 6.43. The molecule has 0 unspecified atom stereocenters. The monoisotopic (exact) mass is 465 g/mol. The van der Waals surface area contributed by atoms with Gasteiger partial charge in [0, 0.05) is 13.6 Å². The van der Waals surface area contributed by atoms with Gasteiger partial charge in [-0.3, -0.25) is 13.9 Å². The van der Waals surface area contributed by atoms with E-state index in [0.29, 0.717) is 17.7 Å². The minimum Gasteiger partial charge on any atom is -0.497 e. The van der Waals surface area contributed by atoms with E-state index in [0.717, 1.165) is 10.6 Å². The maximum Gasteiger partial charge on any atom is 0.244 e. The molecule has 0 fully saturated rings. The van der Waals surface area contributed by atoms with E-state index in [1.54, 1.807) is 19.1 Å². The number of methoxy groups -OCH3 is 1. The van der Waals surface area contributed by atoms with Gasteiger partial charge in [-0.2, -0.15) is 0 Å². The first kappa shape index (κ1) is 25.1. The molecule has 0 aliphatic heterocycles. The number of rotatable bonds is 10. The Morgan fingerprint density at radius 3 is 2.16 bits per heavy atom. The first-order valence-corrected chi connectivity index (χ1v) is 11.8. The Bertz CT molecular complexity index is 1030. The lowest BCUT2D eigenvalue weighted by molar-refractivity contribution is -0.140. The number of carbonyl (C=O) groups excluding carboxylic acids is 2. The van der Waals surface area contributed by atoms with Gasteiger partial charge < -0.3 is 15.0 Å². The Morgan fingerprint density at radius 2 is 1.69 bits per heavy atom. The molecule has 2 aromatic rings. The van der Waals surface area contributed by atoms with Gasteiger partial charge in [-0.05, 0) is 48.4 Å². The molecule has 0 spiro atoms. The molecule has 0 saturated heterocycles. The van der Waals surface area contributed by atoms with Gasteiger partial charge in [0.25, 0.3) is 0 Å². The van der Waals surface area contributed by atoms with Gasteiger partial charge in [0.2, 0.25) is 21.8 Å². The Hall–Kier alpha value is -3.14. The fourth-order valence-electron chi connectivity index (χ4n) is 3.23. The molecule has 2 aromatic carbocycles. The topological polar surface area (TPSA) is 96.0 Å². The molecule has 8 nitrogen and oxygen atoms in total. The quantitative estimate of drug-likeness (QED) is 0.580. The van der Waals surface area contributed by atoms with Crippen LogP contribution in [0.4, 0.5) is 10.1 Å². The van der Waals surface area contributed by atoms with Crippen molar-refractivity contribution in [1.82, 2.24) is 10.2 Å². The summed E-state index contributed by atoms with van der Waals surface area (Å²) in [6.45, 7) is 1.27. The third-order valence-electron chi connectivity index (χ3n) is 4.94. The standard InChI is InChI=1S/C22H28FN3O5S/c1-5-20(22(28)24-2)25(14-16-6-8-17(23)9-7-16)21(27)15-26(32(4,29)30)18-10-12-19(31-3)13-11-18/h6-13,20H,5,14-15H2,1-4H3,(H,24,28)/t20-/m1/s1. The van der Waals surface area contributed by atoms with E-state index in [1.807, 2.05) is 0 Å². The van der Waals surface area contributed by atoms with E-state index < -0.39 is 34.3 Å². The summed E-state index contributed by atoms with van der Waals surface area (Å²) >= 11 is 0. The van der Waals surface area contributed by atoms with Gasteiger partial charge >= 0.3 is 0 Å². The second kappa shape index (κ2) is 10.9. The molecule has 10 heteroatoms. The highest BCUT2D eigenvalue weighted by Crippen LogP contribution is 2.22. The zero-order chi connectivity index (χ0) is 23.9. The van der Waals surface area contributed by atoms with E-state index in [-0.39, 0.29) is 18.1 Å². The molecule has 32 heavy (non-hydrogen) atoms. The van der Waals surface area contributed by atoms with Crippen molar-refractivity contribution in [1.29, 1.82) is 0 Å². The van der Waals surface area contributed by atoms with E-state index in [4.69, 9.17) is 4.74 Å². The van der Waals surface area contributed by atoms with Crippen LogP contribution in [0.15, 0.2) is 48.5 Å². The number of likely N-dealkylation sites (N-methyl/N-ethyl adjacent to an activating group) is 1. The highest BCUT2D eigenvalue weighted by Gasteiger charge is 2.31. The largest absolute Gasteiger partial charge is 0.497 e. The van der Waals surface area contributed by atoms with E-state index in [1.165, 1.54) is 55.5 Å². The molecule has 1 atom stereocenters. The average Bonchev–Trinajstić information content (AvgIpc) is 2.77. The smallest absolute Gasteiger partial charge is 0.244 e. The van der Waals surface area contributed by atoms with Crippen molar-refractivity contribution in [2.75, 3.05) is 31.3 Å². The van der Waals surface area contributed by atoms with Gasteiger partial charge in [-0.15, -0.1) is 0 Å². The minimum atomic E-state index is -3.81. The summed E-state index contributed by atoms with van der Waals surface area (Å²) in [7, 11) is -0.854. The van der Waals surface area contributed by atoms with Gasteiger partial charge in [-0.1, -0.05) is 19.1 Å². The summed E-state index contributed by atoms with van der Waals surface area (Å²) in [6, 6.07) is 11.0. The van der Waals surface area contributed by atoms with Crippen LogP contribution in [0, 0.1) is 5.82 Å². The first-order chi connectivity index (χ1) is 15.1. The average molecular weight is 466 g/mol. The molecule has 0 radical (unpaired) electrons. The molecule has 0 aliphatic carbocycles. The Labute approximate surface area is 188 Å². The summed E-state index contributed by atoms with van der Waals surface area (Å²) in [5.74, 6) is -0.825. The van der Waals surface area contributed by atoms with Crippen molar-refractivity contribution in [3.05, 3.63) is 59.9 Å². The minimum absolute atomic E-state index is 0.0191. The molecule has 0 heterocycles. The molecule has 174 valence electrons. The van der Waals surface area contributed by atoms with Crippen LogP contribution < -0.4 is 14.4 Å². The summed E-state index contributed by atoms with van der Waals surface area (Å²) < 4.78 is 44.3. The number of hydrogen-bond donors (Lipinski definition) is 1. The van der Waals surface area contributed by atoms with Crippen molar-refractivity contribution >= 4 is 27.5 Å². The fraction of sp³-hybridized carbons (Fsp3) is 0.364. The number of anilines is 1.